The molecular weight excluding hydrogens is 340 g/mol. The van der Waals surface area contributed by atoms with E-state index < -0.39 is 0 Å². The van der Waals surface area contributed by atoms with Crippen LogP contribution in [0, 0.1) is 0 Å². The van der Waals surface area contributed by atoms with Crippen LogP contribution in [0.5, 0.6) is 0 Å². The quantitative estimate of drug-likeness (QED) is 0.431. The molecule has 0 amide bonds. The Morgan fingerprint density at radius 2 is 1.50 bits per heavy atom. The van der Waals surface area contributed by atoms with Gasteiger partial charge in [-0.05, 0) is 41.5 Å². The molecule has 2 nitrogen and oxygen atoms in total. The van der Waals surface area contributed by atoms with E-state index in [0.29, 0.717) is 21.9 Å². The molecule has 3 aromatic carbocycles. The zero-order valence-corrected chi connectivity index (χ0v) is 13.1. The van der Waals surface area contributed by atoms with Gasteiger partial charge < -0.3 is 4.42 Å². The van der Waals surface area contributed by atoms with Gasteiger partial charge in [0.2, 0.25) is 5.43 Å². The van der Waals surface area contributed by atoms with Crippen LogP contribution in [0.1, 0.15) is 0 Å². The molecule has 0 bridgehead atoms. The van der Waals surface area contributed by atoms with Gasteiger partial charge in [-0.3, -0.25) is 4.79 Å². The van der Waals surface area contributed by atoms with Gasteiger partial charge in [-0.15, -0.1) is 0 Å². The third-order valence-electron chi connectivity index (χ3n) is 3.76. The van der Waals surface area contributed by atoms with Crippen molar-refractivity contribution in [3.8, 4) is 11.1 Å². The Hall–Kier alpha value is -2.39. The van der Waals surface area contributed by atoms with E-state index in [9.17, 15) is 4.79 Å². The number of benzene rings is 3. The lowest BCUT2D eigenvalue weighted by molar-refractivity contribution is 0.660. The molecule has 22 heavy (non-hydrogen) atoms. The van der Waals surface area contributed by atoms with E-state index in [0.717, 1.165) is 15.6 Å². The minimum atomic E-state index is 0.00975. The van der Waals surface area contributed by atoms with Crippen molar-refractivity contribution >= 4 is 37.9 Å². The summed E-state index contributed by atoms with van der Waals surface area (Å²) in [5, 5.41) is 1.22. The summed E-state index contributed by atoms with van der Waals surface area (Å²) >= 11 is 3.56. The van der Waals surface area contributed by atoms with Gasteiger partial charge in [0.15, 0.2) is 0 Å². The number of hydrogen-bond acceptors (Lipinski definition) is 2. The fourth-order valence-electron chi connectivity index (χ4n) is 2.66. The van der Waals surface area contributed by atoms with E-state index in [-0.39, 0.29) is 5.43 Å². The van der Waals surface area contributed by atoms with Crippen LogP contribution in [0.2, 0.25) is 0 Å². The predicted octanol–water partition coefficient (Wildman–Crippen LogP) is 5.38. The van der Waals surface area contributed by atoms with Crippen molar-refractivity contribution in [1.82, 2.24) is 0 Å². The molecule has 0 atom stereocenters. The summed E-state index contributed by atoms with van der Waals surface area (Å²) in [7, 11) is 0. The normalized spacial score (nSPS) is 11.1. The molecule has 0 spiro atoms. The van der Waals surface area contributed by atoms with Crippen molar-refractivity contribution in [3.05, 3.63) is 81.4 Å². The number of fused-ring (bicyclic) bond motifs is 2. The molecule has 1 heterocycles. The molecule has 4 aromatic rings. The number of para-hydroxylation sites is 1. The minimum absolute atomic E-state index is 0.00975. The first-order valence-corrected chi connectivity index (χ1v) is 7.74. The lowest BCUT2D eigenvalue weighted by atomic mass is 10.0. The van der Waals surface area contributed by atoms with Crippen molar-refractivity contribution in [2.75, 3.05) is 0 Å². The Morgan fingerprint density at radius 1 is 0.773 bits per heavy atom. The van der Waals surface area contributed by atoms with E-state index in [1.165, 1.54) is 0 Å². The smallest absolute Gasteiger partial charge is 0.200 e. The number of hydrogen-bond donors (Lipinski definition) is 0. The van der Waals surface area contributed by atoms with Gasteiger partial charge in [-0.1, -0.05) is 52.3 Å². The van der Waals surface area contributed by atoms with Gasteiger partial charge in [0.25, 0.3) is 0 Å². The molecule has 0 aliphatic heterocycles. The standard InChI is InChI=1S/C19H11BrO2/c20-16-7-3-1-5-13(16)12-9-10-15-18(11-12)22-17-8-4-2-6-14(17)19(15)21/h1-11H. The van der Waals surface area contributed by atoms with Crippen LogP contribution in [0.3, 0.4) is 0 Å². The maximum Gasteiger partial charge on any atom is 0.200 e. The molecular formula is C19H11BrO2. The van der Waals surface area contributed by atoms with Crippen molar-refractivity contribution in [2.24, 2.45) is 0 Å². The van der Waals surface area contributed by atoms with Crippen LogP contribution in [-0.2, 0) is 0 Å². The first-order valence-electron chi connectivity index (χ1n) is 6.94. The third kappa shape index (κ3) is 2.06. The van der Waals surface area contributed by atoms with Crippen LogP contribution < -0.4 is 5.43 Å². The van der Waals surface area contributed by atoms with E-state index in [1.54, 1.807) is 6.07 Å². The summed E-state index contributed by atoms with van der Waals surface area (Å²) in [6.45, 7) is 0. The van der Waals surface area contributed by atoms with Crippen LogP contribution in [0.15, 0.2) is 80.4 Å². The molecule has 4 rings (SSSR count). The van der Waals surface area contributed by atoms with Crippen LogP contribution in [0.4, 0.5) is 0 Å². The first-order chi connectivity index (χ1) is 10.7. The lowest BCUT2D eigenvalue weighted by Gasteiger charge is -2.06. The molecule has 0 N–H and O–H groups in total. The Bertz CT molecular complexity index is 1060. The maximum atomic E-state index is 12.5. The average Bonchev–Trinajstić information content (AvgIpc) is 2.55. The summed E-state index contributed by atoms with van der Waals surface area (Å²) in [4.78, 5) is 12.5. The summed E-state index contributed by atoms with van der Waals surface area (Å²) < 4.78 is 6.93. The molecule has 3 heteroatoms. The van der Waals surface area contributed by atoms with E-state index >= 15 is 0 Å². The van der Waals surface area contributed by atoms with Crippen molar-refractivity contribution < 1.29 is 4.42 Å². The maximum absolute atomic E-state index is 12.5. The number of halogens is 1. The van der Waals surface area contributed by atoms with E-state index in [1.807, 2.05) is 60.7 Å². The second-order valence-electron chi connectivity index (χ2n) is 5.12. The second-order valence-corrected chi connectivity index (χ2v) is 5.97. The summed E-state index contributed by atoms with van der Waals surface area (Å²) in [6.07, 6.45) is 0. The Kier molecular flexibility index (Phi) is 3.09. The van der Waals surface area contributed by atoms with E-state index in [4.69, 9.17) is 4.42 Å². The van der Waals surface area contributed by atoms with Crippen LogP contribution in [-0.4, -0.2) is 0 Å². The van der Waals surface area contributed by atoms with Gasteiger partial charge in [0.05, 0.1) is 10.8 Å². The first kappa shape index (κ1) is 13.3. The predicted molar refractivity (Wildman–Crippen MR) is 93.1 cm³/mol. The molecule has 0 radical (unpaired) electrons. The second kappa shape index (κ2) is 5.11. The highest BCUT2D eigenvalue weighted by Gasteiger charge is 2.09. The molecule has 0 saturated carbocycles. The van der Waals surface area contributed by atoms with Gasteiger partial charge in [-0.2, -0.15) is 0 Å². The van der Waals surface area contributed by atoms with Gasteiger partial charge in [-0.25, -0.2) is 0 Å². The van der Waals surface area contributed by atoms with Crippen molar-refractivity contribution in [1.29, 1.82) is 0 Å². The lowest BCUT2D eigenvalue weighted by Crippen LogP contribution is -2.01. The molecule has 0 aliphatic carbocycles. The highest BCUT2D eigenvalue weighted by molar-refractivity contribution is 9.10. The zero-order valence-electron chi connectivity index (χ0n) is 11.5. The Labute approximate surface area is 135 Å². The van der Waals surface area contributed by atoms with Crippen molar-refractivity contribution in [2.45, 2.75) is 0 Å². The molecule has 0 aliphatic rings. The minimum Gasteiger partial charge on any atom is -0.456 e. The summed E-state index contributed by atoms with van der Waals surface area (Å²) in [5.41, 5.74) is 3.32. The zero-order chi connectivity index (χ0) is 15.1. The van der Waals surface area contributed by atoms with Crippen LogP contribution >= 0.6 is 15.9 Å². The van der Waals surface area contributed by atoms with E-state index in [2.05, 4.69) is 15.9 Å². The monoisotopic (exact) mass is 350 g/mol. The molecule has 106 valence electrons. The highest BCUT2D eigenvalue weighted by Crippen LogP contribution is 2.30. The fourth-order valence-corrected chi connectivity index (χ4v) is 3.18. The fraction of sp³-hybridized carbons (Fsp3) is 0. The SMILES string of the molecule is O=c1c2ccccc2oc2cc(-c3ccccc3Br)ccc12. The molecule has 0 saturated heterocycles. The van der Waals surface area contributed by atoms with Crippen molar-refractivity contribution in [3.63, 3.8) is 0 Å². The molecule has 0 unspecified atom stereocenters. The Morgan fingerprint density at radius 3 is 2.36 bits per heavy atom. The van der Waals surface area contributed by atoms with Gasteiger partial charge in [0.1, 0.15) is 11.2 Å². The number of rotatable bonds is 1. The van der Waals surface area contributed by atoms with Gasteiger partial charge >= 0.3 is 0 Å². The molecule has 1 aromatic heterocycles. The summed E-state index contributed by atoms with van der Waals surface area (Å²) in [5.74, 6) is 0. The average molecular weight is 351 g/mol. The highest BCUT2D eigenvalue weighted by atomic mass is 79.9. The largest absolute Gasteiger partial charge is 0.456 e. The third-order valence-corrected chi connectivity index (χ3v) is 4.45. The topological polar surface area (TPSA) is 30.2 Å². The molecule has 0 fully saturated rings. The van der Waals surface area contributed by atoms with Gasteiger partial charge in [0, 0.05) is 4.47 Å². The summed E-state index contributed by atoms with van der Waals surface area (Å²) in [6, 6.07) is 21.0. The van der Waals surface area contributed by atoms with Crippen LogP contribution in [0.25, 0.3) is 33.1 Å². The Balaban J connectivity index is 2.04.